The van der Waals surface area contributed by atoms with Gasteiger partial charge in [-0.3, -0.25) is 0 Å². The molecule has 0 unspecified atom stereocenters. The molecular formula is C22H27F3N8. The molecule has 0 spiro atoms. The molecule has 1 aliphatic rings. The molecule has 3 heterocycles. The maximum atomic E-state index is 13.3. The first kappa shape index (κ1) is 22.8. The average molecular weight is 461 g/mol. The fourth-order valence-corrected chi connectivity index (χ4v) is 3.83. The van der Waals surface area contributed by atoms with Gasteiger partial charge in [0.2, 0.25) is 5.95 Å². The van der Waals surface area contributed by atoms with Crippen LogP contribution in [0.2, 0.25) is 0 Å². The summed E-state index contributed by atoms with van der Waals surface area (Å²) in [6.07, 6.45) is -2.78. The van der Waals surface area contributed by atoms with Crippen LogP contribution in [0.4, 0.5) is 36.4 Å². The lowest BCUT2D eigenvalue weighted by Crippen LogP contribution is -2.44. The zero-order valence-electron chi connectivity index (χ0n) is 18.7. The third-order valence-electron chi connectivity index (χ3n) is 5.78. The predicted octanol–water partition coefficient (Wildman–Crippen LogP) is 3.59. The molecule has 4 rings (SSSR count). The number of piperazine rings is 1. The van der Waals surface area contributed by atoms with E-state index in [1.807, 2.05) is 6.07 Å². The maximum absolute atomic E-state index is 13.3. The highest BCUT2D eigenvalue weighted by molar-refractivity contribution is 5.91. The van der Waals surface area contributed by atoms with E-state index >= 15 is 0 Å². The van der Waals surface area contributed by atoms with Crippen LogP contribution in [-0.4, -0.2) is 60.1 Å². The minimum atomic E-state index is -4.48. The van der Waals surface area contributed by atoms with Gasteiger partial charge < -0.3 is 26.2 Å². The predicted molar refractivity (Wildman–Crippen MR) is 124 cm³/mol. The topological polar surface area (TPSA) is 95.2 Å². The van der Waals surface area contributed by atoms with Crippen molar-refractivity contribution in [3.8, 4) is 0 Å². The lowest BCUT2D eigenvalue weighted by atomic mass is 10.0. The van der Waals surface area contributed by atoms with Crippen molar-refractivity contribution in [3.05, 3.63) is 41.6 Å². The van der Waals surface area contributed by atoms with Gasteiger partial charge in [0.05, 0.1) is 23.3 Å². The van der Waals surface area contributed by atoms with E-state index < -0.39 is 17.8 Å². The van der Waals surface area contributed by atoms with E-state index in [0.717, 1.165) is 49.5 Å². The van der Waals surface area contributed by atoms with Gasteiger partial charge in [0.15, 0.2) is 0 Å². The van der Waals surface area contributed by atoms with Gasteiger partial charge >= 0.3 is 6.18 Å². The molecule has 8 nitrogen and oxygen atoms in total. The summed E-state index contributed by atoms with van der Waals surface area (Å²) < 4.78 is 39.8. The summed E-state index contributed by atoms with van der Waals surface area (Å²) in [7, 11) is 3.79. The molecule has 33 heavy (non-hydrogen) atoms. The number of rotatable bonds is 5. The highest BCUT2D eigenvalue weighted by Gasteiger charge is 2.31. The first-order valence-electron chi connectivity index (χ1n) is 10.7. The Morgan fingerprint density at radius 2 is 1.79 bits per heavy atom. The second kappa shape index (κ2) is 8.89. The van der Waals surface area contributed by atoms with Gasteiger partial charge in [0, 0.05) is 44.3 Å². The Kier molecular flexibility index (Phi) is 6.15. The molecule has 1 saturated heterocycles. The molecule has 1 aromatic carbocycles. The minimum Gasteiger partial charge on any atom is -0.399 e. The fraction of sp³-hybridized carbons (Fsp3) is 0.409. The van der Waals surface area contributed by atoms with Crippen LogP contribution < -0.4 is 21.3 Å². The number of pyridine rings is 1. The number of aromatic nitrogens is 3. The molecule has 0 bridgehead atoms. The molecule has 0 saturated carbocycles. The molecule has 1 atom stereocenters. The van der Waals surface area contributed by atoms with Crippen molar-refractivity contribution in [3.63, 3.8) is 0 Å². The van der Waals surface area contributed by atoms with Crippen LogP contribution in [-0.2, 0) is 6.18 Å². The van der Waals surface area contributed by atoms with Gasteiger partial charge in [-0.2, -0.15) is 18.2 Å². The van der Waals surface area contributed by atoms with Gasteiger partial charge in [-0.05, 0) is 43.8 Å². The molecule has 11 heteroatoms. The largest absolute Gasteiger partial charge is 0.416 e. The van der Waals surface area contributed by atoms with E-state index in [1.165, 1.54) is 6.07 Å². The highest BCUT2D eigenvalue weighted by atomic mass is 19.4. The number of halogens is 3. The summed E-state index contributed by atoms with van der Waals surface area (Å²) in [5, 5.41) is 6.91. The number of alkyl halides is 3. The second-order valence-electron chi connectivity index (χ2n) is 8.25. The molecule has 1 fully saturated rings. The van der Waals surface area contributed by atoms with Crippen molar-refractivity contribution in [1.29, 1.82) is 0 Å². The summed E-state index contributed by atoms with van der Waals surface area (Å²) in [4.78, 5) is 18.0. The van der Waals surface area contributed by atoms with E-state index in [1.54, 1.807) is 20.2 Å². The summed E-state index contributed by atoms with van der Waals surface area (Å²) in [5.41, 5.74) is 6.07. The zero-order chi connectivity index (χ0) is 23.8. The number of nitrogens with two attached hydrogens (primary N) is 1. The number of nitrogen functional groups attached to an aromatic ring is 1. The van der Waals surface area contributed by atoms with Crippen molar-refractivity contribution in [2.45, 2.75) is 19.1 Å². The van der Waals surface area contributed by atoms with Crippen molar-refractivity contribution < 1.29 is 13.2 Å². The van der Waals surface area contributed by atoms with Gasteiger partial charge in [0.25, 0.3) is 0 Å². The van der Waals surface area contributed by atoms with Crippen molar-refractivity contribution in [1.82, 2.24) is 19.9 Å². The van der Waals surface area contributed by atoms with Gasteiger partial charge in [-0.15, -0.1) is 0 Å². The molecule has 0 radical (unpaired) electrons. The number of hydrogen-bond donors (Lipinski definition) is 3. The van der Waals surface area contributed by atoms with E-state index in [0.29, 0.717) is 22.8 Å². The summed E-state index contributed by atoms with van der Waals surface area (Å²) in [6, 6.07) is 5.01. The number of fused-ring (bicyclic) bond motifs is 1. The number of likely N-dealkylation sites (N-methyl/N-ethyl adjacent to an activating group) is 1. The second-order valence-corrected chi connectivity index (χ2v) is 8.25. The summed E-state index contributed by atoms with van der Waals surface area (Å²) in [5.74, 6) is 1.70. The molecule has 2 aromatic heterocycles. The van der Waals surface area contributed by atoms with Crippen LogP contribution in [0.15, 0.2) is 30.5 Å². The van der Waals surface area contributed by atoms with Crippen LogP contribution in [0.1, 0.15) is 24.1 Å². The quantitative estimate of drug-likeness (QED) is 0.498. The monoisotopic (exact) mass is 460 g/mol. The normalized spacial score (nSPS) is 16.1. The van der Waals surface area contributed by atoms with Gasteiger partial charge in [0.1, 0.15) is 11.6 Å². The third kappa shape index (κ3) is 5.03. The van der Waals surface area contributed by atoms with Crippen LogP contribution >= 0.6 is 0 Å². The molecule has 176 valence electrons. The van der Waals surface area contributed by atoms with Crippen LogP contribution in [0.25, 0.3) is 10.9 Å². The van der Waals surface area contributed by atoms with Crippen molar-refractivity contribution >= 4 is 34.2 Å². The van der Waals surface area contributed by atoms with E-state index in [-0.39, 0.29) is 5.69 Å². The van der Waals surface area contributed by atoms with Crippen molar-refractivity contribution in [2.24, 2.45) is 0 Å². The first-order chi connectivity index (χ1) is 15.6. The Labute approximate surface area is 190 Å². The Balaban J connectivity index is 1.70. The molecule has 0 aliphatic carbocycles. The number of benzene rings is 1. The van der Waals surface area contributed by atoms with Gasteiger partial charge in [-0.25, -0.2) is 9.97 Å². The molecule has 0 amide bonds. The first-order valence-corrected chi connectivity index (χ1v) is 10.7. The Bertz CT molecular complexity index is 1140. The third-order valence-corrected chi connectivity index (χ3v) is 5.78. The van der Waals surface area contributed by atoms with Gasteiger partial charge in [-0.1, -0.05) is 0 Å². The van der Waals surface area contributed by atoms with Crippen molar-refractivity contribution in [2.75, 3.05) is 61.5 Å². The van der Waals surface area contributed by atoms with Crippen LogP contribution in [0.3, 0.4) is 0 Å². The Hall–Kier alpha value is -3.34. The lowest BCUT2D eigenvalue weighted by molar-refractivity contribution is -0.137. The van der Waals surface area contributed by atoms with E-state index in [4.69, 9.17) is 5.73 Å². The molecular weight excluding hydrogens is 433 g/mol. The summed E-state index contributed by atoms with van der Waals surface area (Å²) >= 11 is 0. The maximum Gasteiger partial charge on any atom is 0.416 e. The van der Waals surface area contributed by atoms with Crippen LogP contribution in [0.5, 0.6) is 0 Å². The molecule has 3 aromatic rings. The molecule has 1 aliphatic heterocycles. The van der Waals surface area contributed by atoms with E-state index in [9.17, 15) is 13.2 Å². The highest BCUT2D eigenvalue weighted by Crippen LogP contribution is 2.34. The van der Waals surface area contributed by atoms with E-state index in [2.05, 4.69) is 42.4 Å². The zero-order valence-corrected chi connectivity index (χ0v) is 18.7. The Morgan fingerprint density at radius 3 is 2.45 bits per heavy atom. The Morgan fingerprint density at radius 1 is 1.06 bits per heavy atom. The number of hydrogen-bond acceptors (Lipinski definition) is 8. The smallest absolute Gasteiger partial charge is 0.399 e. The summed E-state index contributed by atoms with van der Waals surface area (Å²) in [6.45, 7) is 5.35. The number of nitrogens with zero attached hydrogens (tertiary/aromatic N) is 5. The fourth-order valence-electron chi connectivity index (χ4n) is 3.83. The lowest BCUT2D eigenvalue weighted by Gasteiger charge is -2.33. The SMILES string of the molecule is CNc1nc(N[C@H](C)c2cc(N)cc(C(F)(F)F)c2)c2cc(N3CCN(C)CC3)ncc2n1. The average Bonchev–Trinajstić information content (AvgIpc) is 2.78. The standard InChI is InChI=1S/C22H27F3N8/c1-13(14-8-15(22(23,24)25)10-16(26)9-14)29-20-17-11-19(33-6-4-32(3)5-7-33)28-12-18(17)30-21(27-2)31-20/h8-13H,4-7,26H2,1-3H3,(H2,27,29,30,31)/t13-/m1/s1. The minimum absolute atomic E-state index is 0.0542. The molecule has 4 N–H and O–H groups in total. The van der Waals surface area contributed by atoms with Crippen LogP contribution in [0, 0.1) is 0 Å². The number of nitrogens with one attached hydrogen (secondary N) is 2. The number of anilines is 4.